The third kappa shape index (κ3) is 5.10. The maximum absolute atomic E-state index is 13.2. The first-order chi connectivity index (χ1) is 12.6. The van der Waals surface area contributed by atoms with Gasteiger partial charge in [0.15, 0.2) is 0 Å². The third-order valence-corrected chi connectivity index (χ3v) is 6.47. The molecule has 0 atom stereocenters. The number of benzene rings is 2. The zero-order valence-electron chi connectivity index (χ0n) is 16.6. The van der Waals surface area contributed by atoms with Gasteiger partial charge in [0.2, 0.25) is 5.91 Å². The predicted octanol–water partition coefficient (Wildman–Crippen LogP) is 3.76. The molecule has 0 saturated heterocycles. The number of nitrogens with zero attached hydrogens (tertiary/aromatic N) is 2. The van der Waals surface area contributed by atoms with Crippen molar-refractivity contribution in [1.29, 1.82) is 0 Å². The highest BCUT2D eigenvalue weighted by atomic mass is 32.2. The van der Waals surface area contributed by atoms with E-state index in [4.69, 9.17) is 0 Å². The monoisotopic (exact) mass is 388 g/mol. The Morgan fingerprint density at radius 2 is 1.41 bits per heavy atom. The Balaban J connectivity index is 2.36. The van der Waals surface area contributed by atoms with Gasteiger partial charge in [-0.15, -0.1) is 0 Å². The number of aryl methyl sites for hydroxylation is 2. The van der Waals surface area contributed by atoms with Crippen LogP contribution in [-0.4, -0.2) is 38.9 Å². The van der Waals surface area contributed by atoms with Crippen LogP contribution in [0.15, 0.2) is 53.4 Å². The van der Waals surface area contributed by atoms with Gasteiger partial charge in [0.1, 0.15) is 0 Å². The van der Waals surface area contributed by atoms with Crippen LogP contribution < -0.4 is 4.31 Å². The van der Waals surface area contributed by atoms with E-state index in [0.717, 1.165) is 11.1 Å². The van der Waals surface area contributed by atoms with E-state index in [0.29, 0.717) is 5.69 Å². The van der Waals surface area contributed by atoms with E-state index in [1.807, 2.05) is 39.8 Å². The molecule has 0 heterocycles. The number of rotatable bonds is 7. The summed E-state index contributed by atoms with van der Waals surface area (Å²) in [6.07, 6.45) is 0.119. The third-order valence-electron chi connectivity index (χ3n) is 4.63. The van der Waals surface area contributed by atoms with Crippen molar-refractivity contribution in [3.8, 4) is 0 Å². The number of hydrogen-bond donors (Lipinski definition) is 0. The molecule has 0 bridgehead atoms. The van der Waals surface area contributed by atoms with Crippen molar-refractivity contribution >= 4 is 21.6 Å². The highest BCUT2D eigenvalue weighted by molar-refractivity contribution is 7.92. The smallest absolute Gasteiger partial charge is 0.264 e. The van der Waals surface area contributed by atoms with Crippen LogP contribution in [0.4, 0.5) is 5.69 Å². The molecule has 0 saturated carbocycles. The van der Waals surface area contributed by atoms with Gasteiger partial charge >= 0.3 is 0 Å². The van der Waals surface area contributed by atoms with Crippen LogP contribution in [0.5, 0.6) is 0 Å². The van der Waals surface area contributed by atoms with Crippen LogP contribution in [0.1, 0.15) is 31.4 Å². The summed E-state index contributed by atoms with van der Waals surface area (Å²) in [4.78, 5) is 14.2. The zero-order chi connectivity index (χ0) is 20.2. The Morgan fingerprint density at radius 1 is 0.926 bits per heavy atom. The molecule has 0 aliphatic carbocycles. The topological polar surface area (TPSA) is 57.7 Å². The largest absolute Gasteiger partial charge is 0.343 e. The summed E-state index contributed by atoms with van der Waals surface area (Å²) in [6.45, 7) is 7.81. The first kappa shape index (κ1) is 21.0. The van der Waals surface area contributed by atoms with Crippen molar-refractivity contribution in [1.82, 2.24) is 4.90 Å². The minimum Gasteiger partial charge on any atom is -0.343 e. The molecule has 0 fully saturated rings. The van der Waals surface area contributed by atoms with E-state index in [9.17, 15) is 13.2 Å². The standard InChI is InChI=1S/C21H28N2O3S/c1-16(2)22(5)21(24)14-15-23(19-10-6-17(3)7-11-19)27(25,26)20-12-8-18(4)9-13-20/h6-13,16H,14-15H2,1-5H3. The van der Waals surface area contributed by atoms with Gasteiger partial charge in [0.25, 0.3) is 10.0 Å². The number of sulfonamides is 1. The number of carbonyl (C=O) groups is 1. The minimum absolute atomic E-state index is 0.0685. The van der Waals surface area contributed by atoms with Crippen LogP contribution in [0.2, 0.25) is 0 Å². The molecule has 2 aromatic carbocycles. The first-order valence-electron chi connectivity index (χ1n) is 9.04. The Kier molecular flexibility index (Phi) is 6.65. The van der Waals surface area contributed by atoms with Gasteiger partial charge in [-0.05, 0) is 52.0 Å². The lowest BCUT2D eigenvalue weighted by molar-refractivity contribution is -0.131. The molecule has 5 nitrogen and oxygen atoms in total. The molecule has 2 aromatic rings. The van der Waals surface area contributed by atoms with Gasteiger partial charge < -0.3 is 4.90 Å². The number of amides is 1. The quantitative estimate of drug-likeness (QED) is 0.726. The molecule has 2 rings (SSSR count). The summed E-state index contributed by atoms with van der Waals surface area (Å²) in [5.74, 6) is -0.0822. The van der Waals surface area contributed by atoms with Gasteiger partial charge in [0, 0.05) is 26.1 Å². The second kappa shape index (κ2) is 8.57. The summed E-state index contributed by atoms with van der Waals surface area (Å²) < 4.78 is 27.8. The average Bonchev–Trinajstić information content (AvgIpc) is 2.62. The van der Waals surface area contributed by atoms with E-state index in [2.05, 4.69) is 0 Å². The van der Waals surface area contributed by atoms with Crippen molar-refractivity contribution in [3.63, 3.8) is 0 Å². The normalized spacial score (nSPS) is 11.5. The van der Waals surface area contributed by atoms with Crippen LogP contribution in [0.3, 0.4) is 0 Å². The number of anilines is 1. The molecule has 0 radical (unpaired) electrons. The zero-order valence-corrected chi connectivity index (χ0v) is 17.5. The minimum atomic E-state index is -3.76. The Morgan fingerprint density at radius 3 is 1.89 bits per heavy atom. The van der Waals surface area contributed by atoms with Crippen LogP contribution in [0, 0.1) is 13.8 Å². The predicted molar refractivity (Wildman–Crippen MR) is 109 cm³/mol. The molecule has 0 aromatic heterocycles. The van der Waals surface area contributed by atoms with Crippen molar-refractivity contribution in [2.75, 3.05) is 17.9 Å². The van der Waals surface area contributed by atoms with E-state index in [1.165, 1.54) is 4.31 Å². The lowest BCUT2D eigenvalue weighted by atomic mass is 10.2. The first-order valence-corrected chi connectivity index (χ1v) is 10.5. The molecule has 6 heteroatoms. The van der Waals surface area contributed by atoms with Crippen LogP contribution in [0.25, 0.3) is 0 Å². The molecule has 0 N–H and O–H groups in total. The molecule has 0 aliphatic rings. The SMILES string of the molecule is Cc1ccc(N(CCC(=O)N(C)C(C)C)S(=O)(=O)c2ccc(C)cc2)cc1. The van der Waals surface area contributed by atoms with Gasteiger partial charge in [-0.2, -0.15) is 0 Å². The molecule has 0 aliphatic heterocycles. The molecule has 1 amide bonds. The summed E-state index contributed by atoms with van der Waals surface area (Å²) in [6, 6.07) is 14.1. The lowest BCUT2D eigenvalue weighted by Crippen LogP contribution is -2.38. The molecule has 0 unspecified atom stereocenters. The second-order valence-electron chi connectivity index (χ2n) is 7.07. The van der Waals surface area contributed by atoms with Gasteiger partial charge in [-0.1, -0.05) is 35.4 Å². The van der Waals surface area contributed by atoms with Crippen LogP contribution >= 0.6 is 0 Å². The fourth-order valence-electron chi connectivity index (χ4n) is 2.60. The summed E-state index contributed by atoms with van der Waals surface area (Å²) >= 11 is 0. The highest BCUT2D eigenvalue weighted by Crippen LogP contribution is 2.25. The summed E-state index contributed by atoms with van der Waals surface area (Å²) in [5, 5.41) is 0. The summed E-state index contributed by atoms with van der Waals surface area (Å²) in [7, 11) is -2.03. The molecule has 146 valence electrons. The van der Waals surface area contributed by atoms with Crippen molar-refractivity contribution in [3.05, 3.63) is 59.7 Å². The Labute approximate surface area is 162 Å². The summed E-state index contributed by atoms with van der Waals surface area (Å²) in [5.41, 5.74) is 2.59. The van der Waals surface area contributed by atoms with Gasteiger partial charge in [-0.25, -0.2) is 8.42 Å². The second-order valence-corrected chi connectivity index (χ2v) is 8.94. The maximum atomic E-state index is 13.2. The molecule has 27 heavy (non-hydrogen) atoms. The Bertz CT molecular complexity index is 873. The Hall–Kier alpha value is -2.34. The highest BCUT2D eigenvalue weighted by Gasteiger charge is 2.26. The van der Waals surface area contributed by atoms with E-state index >= 15 is 0 Å². The fourth-order valence-corrected chi connectivity index (χ4v) is 4.06. The number of carbonyl (C=O) groups excluding carboxylic acids is 1. The van der Waals surface area contributed by atoms with Crippen molar-refractivity contribution in [2.45, 2.75) is 45.1 Å². The van der Waals surface area contributed by atoms with Gasteiger partial charge in [0.05, 0.1) is 10.6 Å². The van der Waals surface area contributed by atoms with Gasteiger partial charge in [-0.3, -0.25) is 9.10 Å². The molecular formula is C21H28N2O3S. The van der Waals surface area contributed by atoms with E-state index in [1.54, 1.807) is 48.3 Å². The number of hydrogen-bond acceptors (Lipinski definition) is 3. The average molecular weight is 389 g/mol. The fraction of sp³-hybridized carbons (Fsp3) is 0.381. The van der Waals surface area contributed by atoms with Crippen molar-refractivity contribution in [2.24, 2.45) is 0 Å². The van der Waals surface area contributed by atoms with Crippen molar-refractivity contribution < 1.29 is 13.2 Å². The molecule has 0 spiro atoms. The maximum Gasteiger partial charge on any atom is 0.264 e. The lowest BCUT2D eigenvalue weighted by Gasteiger charge is -2.27. The van der Waals surface area contributed by atoms with E-state index < -0.39 is 10.0 Å². The van der Waals surface area contributed by atoms with E-state index in [-0.39, 0.29) is 29.8 Å². The molecular weight excluding hydrogens is 360 g/mol. The van der Waals surface area contributed by atoms with Crippen LogP contribution in [-0.2, 0) is 14.8 Å².